The normalized spacial score (nSPS) is 21.4. The number of hydrogen-bond acceptors (Lipinski definition) is 4. The van der Waals surface area contributed by atoms with Crippen LogP contribution in [0.15, 0.2) is 41.2 Å². The van der Waals surface area contributed by atoms with Crippen molar-refractivity contribution >= 4 is 0 Å². The van der Waals surface area contributed by atoms with E-state index in [4.69, 9.17) is 4.74 Å². The van der Waals surface area contributed by atoms with Crippen molar-refractivity contribution in [2.24, 2.45) is 0 Å². The molecule has 0 spiro atoms. The largest absolute Gasteiger partial charge is 0.371 e. The second kappa shape index (κ2) is 6.87. The second-order valence-corrected chi connectivity index (χ2v) is 6.65. The van der Waals surface area contributed by atoms with Crippen LogP contribution in [0.4, 0.5) is 0 Å². The van der Waals surface area contributed by atoms with Crippen LogP contribution in [0.2, 0.25) is 0 Å². The van der Waals surface area contributed by atoms with E-state index < -0.39 is 0 Å². The molecule has 2 heterocycles. The standard InChI is InChI=1S/C19H23N3O2/c23-19-12-16-8-4-5-9-17(16)20-22(19)14-21-10-11-24-18(13-21)15-6-2-1-3-7-15/h1-3,6-7,12,18H,4-5,8-11,13-14H2. The lowest BCUT2D eigenvalue weighted by Crippen LogP contribution is -2.42. The molecule has 2 aliphatic rings. The molecule has 1 aromatic heterocycles. The zero-order chi connectivity index (χ0) is 16.4. The molecule has 1 unspecified atom stereocenters. The fourth-order valence-electron chi connectivity index (χ4n) is 3.59. The van der Waals surface area contributed by atoms with Crippen LogP contribution >= 0.6 is 0 Å². The maximum atomic E-state index is 12.4. The van der Waals surface area contributed by atoms with Crippen molar-refractivity contribution in [3.63, 3.8) is 0 Å². The topological polar surface area (TPSA) is 47.4 Å². The molecule has 0 bridgehead atoms. The minimum Gasteiger partial charge on any atom is -0.371 e. The summed E-state index contributed by atoms with van der Waals surface area (Å²) < 4.78 is 7.53. The fourth-order valence-corrected chi connectivity index (χ4v) is 3.59. The highest BCUT2D eigenvalue weighted by molar-refractivity contribution is 5.20. The van der Waals surface area contributed by atoms with E-state index in [2.05, 4.69) is 22.1 Å². The van der Waals surface area contributed by atoms with Crippen LogP contribution in [-0.4, -0.2) is 34.4 Å². The molecule has 4 rings (SSSR count). The highest BCUT2D eigenvalue weighted by Crippen LogP contribution is 2.22. The Morgan fingerprint density at radius 2 is 2.00 bits per heavy atom. The van der Waals surface area contributed by atoms with Crippen LogP contribution in [-0.2, 0) is 24.2 Å². The van der Waals surface area contributed by atoms with E-state index in [0.717, 1.165) is 37.2 Å². The summed E-state index contributed by atoms with van der Waals surface area (Å²) in [5, 5.41) is 4.63. The van der Waals surface area contributed by atoms with Crippen molar-refractivity contribution in [1.29, 1.82) is 0 Å². The summed E-state index contributed by atoms with van der Waals surface area (Å²) in [6, 6.07) is 12.1. The molecule has 0 amide bonds. The lowest BCUT2D eigenvalue weighted by atomic mass is 9.97. The van der Waals surface area contributed by atoms with Crippen molar-refractivity contribution in [2.45, 2.75) is 38.5 Å². The Bertz CT molecular complexity index is 757. The Kier molecular flexibility index (Phi) is 4.45. The van der Waals surface area contributed by atoms with E-state index in [1.165, 1.54) is 18.4 Å². The molecule has 0 N–H and O–H groups in total. The average Bonchev–Trinajstić information content (AvgIpc) is 2.63. The van der Waals surface area contributed by atoms with Gasteiger partial charge in [-0.05, 0) is 36.8 Å². The molecule has 1 aliphatic carbocycles. The van der Waals surface area contributed by atoms with Crippen molar-refractivity contribution in [1.82, 2.24) is 14.7 Å². The third-order valence-electron chi connectivity index (χ3n) is 4.93. The molecule has 0 saturated carbocycles. The first kappa shape index (κ1) is 15.5. The zero-order valence-corrected chi connectivity index (χ0v) is 13.9. The molecular weight excluding hydrogens is 302 g/mol. The Balaban J connectivity index is 1.50. The van der Waals surface area contributed by atoms with Crippen LogP contribution < -0.4 is 5.56 Å². The van der Waals surface area contributed by atoms with Gasteiger partial charge in [-0.3, -0.25) is 9.69 Å². The number of hydrogen-bond donors (Lipinski definition) is 0. The summed E-state index contributed by atoms with van der Waals surface area (Å²) >= 11 is 0. The zero-order valence-electron chi connectivity index (χ0n) is 13.9. The Morgan fingerprint density at radius 1 is 1.17 bits per heavy atom. The van der Waals surface area contributed by atoms with Gasteiger partial charge >= 0.3 is 0 Å². The summed E-state index contributed by atoms with van der Waals surface area (Å²) in [7, 11) is 0. The summed E-state index contributed by atoms with van der Waals surface area (Å²) in [5.74, 6) is 0. The van der Waals surface area contributed by atoms with Crippen molar-refractivity contribution in [2.75, 3.05) is 19.7 Å². The predicted octanol–water partition coefficient (Wildman–Crippen LogP) is 2.15. The van der Waals surface area contributed by atoms with Crippen LogP contribution in [0.1, 0.15) is 35.8 Å². The molecule has 126 valence electrons. The van der Waals surface area contributed by atoms with Gasteiger partial charge in [-0.1, -0.05) is 30.3 Å². The van der Waals surface area contributed by atoms with Crippen molar-refractivity contribution in [3.05, 3.63) is 63.6 Å². The second-order valence-electron chi connectivity index (χ2n) is 6.65. The third-order valence-corrected chi connectivity index (χ3v) is 4.93. The number of aryl methyl sites for hydroxylation is 2. The minimum atomic E-state index is 0.0124. The molecule has 24 heavy (non-hydrogen) atoms. The third kappa shape index (κ3) is 3.28. The van der Waals surface area contributed by atoms with Crippen molar-refractivity contribution < 1.29 is 4.74 Å². The number of rotatable bonds is 3. The first-order chi connectivity index (χ1) is 11.8. The lowest BCUT2D eigenvalue weighted by molar-refractivity contribution is -0.0423. The van der Waals surface area contributed by atoms with E-state index in [-0.39, 0.29) is 11.7 Å². The highest BCUT2D eigenvalue weighted by atomic mass is 16.5. The van der Waals surface area contributed by atoms with Gasteiger partial charge in [-0.15, -0.1) is 0 Å². The molecule has 1 aromatic carbocycles. The summed E-state index contributed by atoms with van der Waals surface area (Å²) in [6.07, 6.45) is 4.39. The number of benzene rings is 1. The Labute approximate surface area is 141 Å². The van der Waals surface area contributed by atoms with Gasteiger partial charge in [0.15, 0.2) is 0 Å². The quantitative estimate of drug-likeness (QED) is 0.867. The smallest absolute Gasteiger partial charge is 0.268 e. The fraction of sp³-hybridized carbons (Fsp3) is 0.474. The Morgan fingerprint density at radius 3 is 2.88 bits per heavy atom. The summed E-state index contributed by atoms with van der Waals surface area (Å²) in [4.78, 5) is 14.6. The monoisotopic (exact) mass is 325 g/mol. The van der Waals surface area contributed by atoms with Gasteiger partial charge in [0.1, 0.15) is 0 Å². The molecule has 1 fully saturated rings. The maximum Gasteiger partial charge on any atom is 0.268 e. The Hall–Kier alpha value is -1.98. The van der Waals surface area contributed by atoms with Gasteiger partial charge in [0.05, 0.1) is 25.1 Å². The number of fused-ring (bicyclic) bond motifs is 1. The SMILES string of the molecule is O=c1cc2c(nn1CN1CCOC(c3ccccc3)C1)CCCC2. The highest BCUT2D eigenvalue weighted by Gasteiger charge is 2.23. The van der Waals surface area contributed by atoms with Gasteiger partial charge in [0.2, 0.25) is 0 Å². The molecular formula is C19H23N3O2. The van der Waals surface area contributed by atoms with Gasteiger partial charge in [-0.25, -0.2) is 4.68 Å². The van der Waals surface area contributed by atoms with Crippen LogP contribution in [0.5, 0.6) is 0 Å². The molecule has 1 saturated heterocycles. The molecule has 5 nitrogen and oxygen atoms in total. The predicted molar refractivity (Wildman–Crippen MR) is 91.8 cm³/mol. The van der Waals surface area contributed by atoms with Gasteiger partial charge in [-0.2, -0.15) is 5.10 Å². The van der Waals surface area contributed by atoms with Crippen molar-refractivity contribution in [3.8, 4) is 0 Å². The first-order valence-corrected chi connectivity index (χ1v) is 8.78. The first-order valence-electron chi connectivity index (χ1n) is 8.78. The maximum absolute atomic E-state index is 12.4. The average molecular weight is 325 g/mol. The number of aromatic nitrogens is 2. The van der Waals surface area contributed by atoms with E-state index in [1.54, 1.807) is 10.7 Å². The molecule has 1 aliphatic heterocycles. The molecule has 5 heteroatoms. The molecule has 2 aromatic rings. The van der Waals surface area contributed by atoms with E-state index >= 15 is 0 Å². The van der Waals surface area contributed by atoms with E-state index in [9.17, 15) is 4.79 Å². The summed E-state index contributed by atoms with van der Waals surface area (Å²) in [5.41, 5.74) is 3.45. The molecule has 1 atom stereocenters. The lowest BCUT2D eigenvalue weighted by Gasteiger charge is -2.33. The van der Waals surface area contributed by atoms with E-state index in [1.807, 2.05) is 18.2 Å². The molecule has 0 radical (unpaired) electrons. The van der Waals surface area contributed by atoms with Gasteiger partial charge in [0.25, 0.3) is 5.56 Å². The minimum absolute atomic E-state index is 0.0124. The van der Waals surface area contributed by atoms with Gasteiger partial charge in [0, 0.05) is 19.2 Å². The van der Waals surface area contributed by atoms with E-state index in [0.29, 0.717) is 13.3 Å². The van der Waals surface area contributed by atoms with Crippen LogP contribution in [0, 0.1) is 0 Å². The number of ether oxygens (including phenoxy) is 1. The van der Waals surface area contributed by atoms with Crippen LogP contribution in [0.3, 0.4) is 0 Å². The van der Waals surface area contributed by atoms with Gasteiger partial charge < -0.3 is 4.74 Å². The summed E-state index contributed by atoms with van der Waals surface area (Å²) in [6.45, 7) is 2.84. The van der Waals surface area contributed by atoms with Crippen LogP contribution in [0.25, 0.3) is 0 Å². The number of nitrogens with zero attached hydrogens (tertiary/aromatic N) is 3. The number of morpholine rings is 1.